The van der Waals surface area contributed by atoms with Crippen molar-refractivity contribution in [3.05, 3.63) is 34.5 Å². The van der Waals surface area contributed by atoms with Gasteiger partial charge < -0.3 is 10.2 Å². The van der Waals surface area contributed by atoms with Gasteiger partial charge in [-0.15, -0.1) is 0 Å². The summed E-state index contributed by atoms with van der Waals surface area (Å²) in [5.74, 6) is 0.0732. The van der Waals surface area contributed by atoms with Crippen LogP contribution in [0.4, 0.5) is 10.5 Å². The van der Waals surface area contributed by atoms with E-state index in [1.165, 1.54) is 11.3 Å². The highest BCUT2D eigenvalue weighted by molar-refractivity contribution is 6.14. The van der Waals surface area contributed by atoms with Gasteiger partial charge >= 0.3 is 6.03 Å². The Morgan fingerprint density at radius 2 is 2.00 bits per heavy atom. The Hall–Kier alpha value is -2.30. The van der Waals surface area contributed by atoms with Crippen molar-refractivity contribution in [1.29, 1.82) is 0 Å². The fourth-order valence-corrected chi connectivity index (χ4v) is 4.04. The molecule has 2 aliphatic heterocycles. The van der Waals surface area contributed by atoms with E-state index in [4.69, 9.17) is 0 Å². The van der Waals surface area contributed by atoms with Crippen LogP contribution in [0.1, 0.15) is 56.7 Å². The molecule has 1 atom stereocenters. The minimum absolute atomic E-state index is 0.132. The van der Waals surface area contributed by atoms with Gasteiger partial charge in [0.05, 0.1) is 0 Å². The van der Waals surface area contributed by atoms with Crippen molar-refractivity contribution in [2.75, 3.05) is 11.4 Å². The minimum Gasteiger partial charge on any atom is -0.366 e. The van der Waals surface area contributed by atoms with Gasteiger partial charge in [0.1, 0.15) is 5.70 Å². The van der Waals surface area contributed by atoms with E-state index in [0.29, 0.717) is 11.6 Å². The number of anilines is 1. The lowest BCUT2D eigenvalue weighted by Crippen LogP contribution is -2.48. The van der Waals surface area contributed by atoms with Crippen LogP contribution in [0.3, 0.4) is 0 Å². The molecule has 1 aromatic rings. The van der Waals surface area contributed by atoms with Gasteiger partial charge in [-0.1, -0.05) is 6.92 Å². The zero-order valence-corrected chi connectivity index (χ0v) is 15.0. The molecule has 1 saturated heterocycles. The predicted octanol–water partition coefficient (Wildman–Crippen LogP) is 3.29. The summed E-state index contributed by atoms with van der Waals surface area (Å²) >= 11 is 0. The molecule has 128 valence electrons. The molecule has 5 nitrogen and oxygen atoms in total. The number of carbonyl (C=O) groups is 2. The molecular formula is C19H25N3O2. The third-order valence-corrected chi connectivity index (χ3v) is 5.11. The molecule has 0 aliphatic carbocycles. The molecular weight excluding hydrogens is 302 g/mol. The Bertz CT molecular complexity index is 749. The first kappa shape index (κ1) is 16.6. The zero-order chi connectivity index (χ0) is 17.6. The number of aryl methyl sites for hydroxylation is 1. The molecule has 3 amide bonds. The van der Waals surface area contributed by atoms with Crippen LogP contribution < -0.4 is 15.5 Å². The standard InChI is InChI=1S/C19H25N3O2/c1-6-22-16-7-11(2)13(9-15-17(23)21-18(24)20-15)8-14(16)12(3)10-19(22,4)5/h7-9,12H,6,10H2,1-5H3,(H2,20,21,23,24)/b15-9+/t12-/m1/s1. The van der Waals surface area contributed by atoms with Gasteiger partial charge in [-0.3, -0.25) is 10.1 Å². The average molecular weight is 327 g/mol. The molecule has 0 aromatic heterocycles. The van der Waals surface area contributed by atoms with Crippen LogP contribution in [0.5, 0.6) is 0 Å². The quantitative estimate of drug-likeness (QED) is 0.647. The maximum absolute atomic E-state index is 11.8. The summed E-state index contributed by atoms with van der Waals surface area (Å²) in [4.78, 5) is 25.5. The lowest BCUT2D eigenvalue weighted by Gasteiger charge is -2.47. The number of urea groups is 1. The molecule has 0 bridgehead atoms. The van der Waals surface area contributed by atoms with Crippen molar-refractivity contribution in [2.24, 2.45) is 0 Å². The summed E-state index contributed by atoms with van der Waals surface area (Å²) in [5.41, 5.74) is 5.09. The highest BCUT2D eigenvalue weighted by atomic mass is 16.2. The minimum atomic E-state index is -0.464. The van der Waals surface area contributed by atoms with E-state index < -0.39 is 6.03 Å². The lowest BCUT2D eigenvalue weighted by molar-refractivity contribution is -0.115. The SMILES string of the molecule is CCN1c2cc(C)c(/C=C3/NC(=O)NC3=O)cc2[C@H](C)CC1(C)C. The van der Waals surface area contributed by atoms with Crippen molar-refractivity contribution in [3.63, 3.8) is 0 Å². The normalized spacial score (nSPS) is 24.0. The lowest BCUT2D eigenvalue weighted by atomic mass is 9.79. The second-order valence-corrected chi connectivity index (χ2v) is 7.40. The summed E-state index contributed by atoms with van der Waals surface area (Å²) in [6, 6.07) is 3.91. The second-order valence-electron chi connectivity index (χ2n) is 7.40. The first-order valence-corrected chi connectivity index (χ1v) is 8.49. The van der Waals surface area contributed by atoms with Crippen LogP contribution in [0, 0.1) is 6.92 Å². The molecule has 1 fully saturated rings. The fraction of sp³-hybridized carbons (Fsp3) is 0.474. The first-order valence-electron chi connectivity index (χ1n) is 8.49. The van der Waals surface area contributed by atoms with Gasteiger partial charge in [0, 0.05) is 17.8 Å². The highest BCUT2D eigenvalue weighted by Crippen LogP contribution is 2.44. The Balaban J connectivity index is 2.08. The van der Waals surface area contributed by atoms with E-state index in [1.54, 1.807) is 6.08 Å². The molecule has 1 aromatic carbocycles. The maximum atomic E-state index is 11.8. The summed E-state index contributed by atoms with van der Waals surface area (Å²) in [7, 11) is 0. The van der Waals surface area contributed by atoms with Gasteiger partial charge in [0.25, 0.3) is 5.91 Å². The molecule has 0 saturated carbocycles. The van der Waals surface area contributed by atoms with Gasteiger partial charge in [0.15, 0.2) is 0 Å². The van der Waals surface area contributed by atoms with Crippen molar-refractivity contribution in [2.45, 2.75) is 52.5 Å². The van der Waals surface area contributed by atoms with E-state index in [-0.39, 0.29) is 11.4 Å². The average Bonchev–Trinajstić information content (AvgIpc) is 2.78. The number of amides is 3. The molecule has 5 heteroatoms. The van der Waals surface area contributed by atoms with Gasteiger partial charge in [-0.2, -0.15) is 0 Å². The van der Waals surface area contributed by atoms with Crippen molar-refractivity contribution in [1.82, 2.24) is 10.6 Å². The van der Waals surface area contributed by atoms with Crippen LogP contribution >= 0.6 is 0 Å². The van der Waals surface area contributed by atoms with Crippen molar-refractivity contribution in [3.8, 4) is 0 Å². The summed E-state index contributed by atoms with van der Waals surface area (Å²) in [5, 5.41) is 4.79. The smallest absolute Gasteiger partial charge is 0.326 e. The molecule has 24 heavy (non-hydrogen) atoms. The number of imide groups is 1. The Kier molecular flexibility index (Phi) is 3.90. The van der Waals surface area contributed by atoms with Crippen LogP contribution in [0.15, 0.2) is 17.8 Å². The second kappa shape index (κ2) is 5.65. The molecule has 0 unspecified atom stereocenters. The largest absolute Gasteiger partial charge is 0.366 e. The third kappa shape index (κ3) is 2.68. The topological polar surface area (TPSA) is 61.4 Å². The maximum Gasteiger partial charge on any atom is 0.326 e. The Morgan fingerprint density at radius 1 is 1.29 bits per heavy atom. The van der Waals surface area contributed by atoms with Crippen LogP contribution in [0.2, 0.25) is 0 Å². The van der Waals surface area contributed by atoms with Crippen LogP contribution in [0.25, 0.3) is 6.08 Å². The number of rotatable bonds is 2. The van der Waals surface area contributed by atoms with Gasteiger partial charge in [-0.05, 0) is 74.9 Å². The molecule has 2 heterocycles. The summed E-state index contributed by atoms with van der Waals surface area (Å²) < 4.78 is 0. The fourth-order valence-electron chi connectivity index (χ4n) is 4.04. The molecule has 0 spiro atoms. The van der Waals surface area contributed by atoms with Crippen molar-refractivity contribution >= 4 is 23.7 Å². The number of fused-ring (bicyclic) bond motifs is 1. The highest BCUT2D eigenvalue weighted by Gasteiger charge is 2.35. The van der Waals surface area contributed by atoms with Crippen LogP contribution in [-0.2, 0) is 4.79 Å². The van der Waals surface area contributed by atoms with Gasteiger partial charge in [0.2, 0.25) is 0 Å². The Labute approximate surface area is 143 Å². The number of carbonyl (C=O) groups excluding carboxylic acids is 2. The number of nitrogens with zero attached hydrogens (tertiary/aromatic N) is 1. The Morgan fingerprint density at radius 3 is 2.58 bits per heavy atom. The van der Waals surface area contributed by atoms with E-state index in [9.17, 15) is 9.59 Å². The van der Waals surface area contributed by atoms with E-state index in [0.717, 1.165) is 24.1 Å². The zero-order valence-electron chi connectivity index (χ0n) is 15.0. The number of hydrogen-bond acceptors (Lipinski definition) is 3. The predicted molar refractivity (Wildman–Crippen MR) is 96.0 cm³/mol. The molecule has 2 N–H and O–H groups in total. The monoisotopic (exact) mass is 327 g/mol. The van der Waals surface area contributed by atoms with E-state index >= 15 is 0 Å². The number of hydrogen-bond donors (Lipinski definition) is 2. The number of benzene rings is 1. The van der Waals surface area contributed by atoms with E-state index in [2.05, 4.69) is 55.4 Å². The number of nitrogens with one attached hydrogen (secondary N) is 2. The first-order chi connectivity index (χ1) is 11.2. The molecule has 0 radical (unpaired) electrons. The molecule has 2 aliphatic rings. The van der Waals surface area contributed by atoms with Crippen molar-refractivity contribution < 1.29 is 9.59 Å². The van der Waals surface area contributed by atoms with E-state index in [1.807, 2.05) is 6.92 Å². The van der Waals surface area contributed by atoms with Gasteiger partial charge in [-0.25, -0.2) is 4.79 Å². The molecule has 3 rings (SSSR count). The summed E-state index contributed by atoms with van der Waals surface area (Å²) in [6.07, 6.45) is 2.85. The third-order valence-electron chi connectivity index (χ3n) is 5.11. The van der Waals surface area contributed by atoms with Crippen LogP contribution in [-0.4, -0.2) is 24.0 Å². The summed E-state index contributed by atoms with van der Waals surface area (Å²) in [6.45, 7) is 12.0.